The van der Waals surface area contributed by atoms with Crippen LogP contribution in [0.15, 0.2) is 50.0 Å². The number of nitrogens with zero attached hydrogens (tertiary/aromatic N) is 6. The summed E-state index contributed by atoms with van der Waals surface area (Å²) in [6.07, 6.45) is 4.72. The molecule has 3 aromatic rings. The van der Waals surface area contributed by atoms with Gasteiger partial charge in [-0.1, -0.05) is 16.9 Å². The second-order valence-corrected chi connectivity index (χ2v) is 11.5. The number of rotatable bonds is 9. The number of aromatic nitrogens is 4. The smallest absolute Gasteiger partial charge is 0.353 e. The summed E-state index contributed by atoms with van der Waals surface area (Å²) >= 11 is 3.55. The zero-order valence-electron chi connectivity index (χ0n) is 20.7. The average molecular weight is 588 g/mol. The number of thiazole rings is 1. The van der Waals surface area contributed by atoms with Crippen molar-refractivity contribution in [3.05, 3.63) is 46.3 Å². The molecule has 4 N–H and O–H groups in total. The van der Waals surface area contributed by atoms with Crippen LogP contribution < -0.4 is 15.6 Å². The first kappa shape index (κ1) is 26.7. The van der Waals surface area contributed by atoms with Gasteiger partial charge in [-0.05, 0) is 19.8 Å². The molecule has 16 heteroatoms. The summed E-state index contributed by atoms with van der Waals surface area (Å²) in [4.78, 5) is 53.8. The molecule has 0 bridgehead atoms. The number of allylic oxidation sites excluding steroid dienone is 1. The lowest BCUT2D eigenvalue weighted by Crippen LogP contribution is -2.72. The Morgan fingerprint density at radius 1 is 1.36 bits per heavy atom. The molecule has 2 amide bonds. The molecule has 5 heterocycles. The minimum atomic E-state index is -1.21. The minimum absolute atomic E-state index is 0.0206. The van der Waals surface area contributed by atoms with Crippen molar-refractivity contribution >= 4 is 63.3 Å². The topological polar surface area (TPSA) is 177 Å². The molecule has 13 nitrogen and oxygen atoms in total. The van der Waals surface area contributed by atoms with E-state index in [1.165, 1.54) is 28.0 Å². The van der Waals surface area contributed by atoms with Crippen molar-refractivity contribution in [3.63, 3.8) is 0 Å². The first-order valence-corrected chi connectivity index (χ1v) is 14.2. The maximum atomic E-state index is 13.1. The van der Waals surface area contributed by atoms with E-state index in [0.29, 0.717) is 22.1 Å². The van der Waals surface area contributed by atoms with Gasteiger partial charge in [0, 0.05) is 39.5 Å². The fraction of sp³-hybridized carbons (Fsp3) is 0.304. The Labute approximate surface area is 234 Å². The number of nitrogens with two attached hydrogens (primary N) is 1. The van der Waals surface area contributed by atoms with Crippen molar-refractivity contribution in [2.24, 2.45) is 12.2 Å². The molecule has 0 aromatic carbocycles. The second-order valence-electron chi connectivity index (χ2n) is 8.51. The van der Waals surface area contributed by atoms with Gasteiger partial charge in [0.05, 0.1) is 11.7 Å². The maximum absolute atomic E-state index is 13.1. The largest absolute Gasteiger partial charge is 0.477 e. The maximum Gasteiger partial charge on any atom is 0.353 e. The zero-order valence-corrected chi connectivity index (χ0v) is 23.2. The van der Waals surface area contributed by atoms with E-state index in [4.69, 9.17) is 10.6 Å². The molecular weight excluding hydrogens is 565 g/mol. The van der Waals surface area contributed by atoms with E-state index in [0.717, 1.165) is 22.8 Å². The van der Waals surface area contributed by atoms with Gasteiger partial charge in [-0.2, -0.15) is 9.36 Å². The third-order valence-corrected chi connectivity index (χ3v) is 8.63. The number of thioether (sulfide) groups is 1. The van der Waals surface area contributed by atoms with Gasteiger partial charge in [0.1, 0.15) is 25.4 Å². The van der Waals surface area contributed by atoms with Gasteiger partial charge in [0.15, 0.2) is 21.9 Å². The van der Waals surface area contributed by atoms with Crippen LogP contribution >= 0.6 is 34.6 Å². The van der Waals surface area contributed by atoms with Crippen LogP contribution in [0.3, 0.4) is 0 Å². The number of nitrogen functional groups attached to an aromatic ring is 1. The molecule has 0 aliphatic carbocycles. The quantitative estimate of drug-likeness (QED) is 0.143. The third kappa shape index (κ3) is 5.35. The molecule has 2 unspecified atom stereocenters. The number of aryl methyl sites for hydroxylation is 1. The average Bonchev–Trinajstić information content (AvgIpc) is 3.56. The SMILES string of the molecule is CCON=C(C(=O)NC1C(=O)N2C(C(=O)O)=C(Sc3nc(-c4cc[n+](C)cc4)cs3)CCC12)c1nsc(N)n1. The number of amides is 2. The van der Waals surface area contributed by atoms with Gasteiger partial charge >= 0.3 is 5.97 Å². The van der Waals surface area contributed by atoms with E-state index < -0.39 is 29.9 Å². The Balaban J connectivity index is 1.32. The van der Waals surface area contributed by atoms with Gasteiger partial charge in [-0.15, -0.1) is 11.3 Å². The summed E-state index contributed by atoms with van der Waals surface area (Å²) < 4.78 is 6.59. The molecule has 0 radical (unpaired) electrons. The summed E-state index contributed by atoms with van der Waals surface area (Å²) in [6, 6.07) is 2.46. The number of carboxylic acids is 1. The van der Waals surface area contributed by atoms with E-state index in [-0.39, 0.29) is 29.0 Å². The van der Waals surface area contributed by atoms with Crippen molar-refractivity contribution < 1.29 is 28.9 Å². The molecule has 2 atom stereocenters. The summed E-state index contributed by atoms with van der Waals surface area (Å²) in [5, 5.41) is 18.5. The first-order valence-electron chi connectivity index (χ1n) is 11.8. The molecule has 0 saturated carbocycles. The Kier molecular flexibility index (Phi) is 7.58. The molecule has 39 heavy (non-hydrogen) atoms. The number of hydrogen-bond acceptors (Lipinski definition) is 12. The van der Waals surface area contributed by atoms with Crippen molar-refractivity contribution in [2.45, 2.75) is 36.2 Å². The lowest BCUT2D eigenvalue weighted by molar-refractivity contribution is -0.671. The first-order chi connectivity index (χ1) is 18.8. The monoisotopic (exact) mass is 587 g/mol. The Morgan fingerprint density at radius 2 is 2.13 bits per heavy atom. The van der Waals surface area contributed by atoms with E-state index >= 15 is 0 Å². The summed E-state index contributed by atoms with van der Waals surface area (Å²) in [5.74, 6) is -2.48. The number of nitrogens with one attached hydrogen (secondary N) is 1. The van der Waals surface area contributed by atoms with Crippen LogP contribution in [0.2, 0.25) is 0 Å². The van der Waals surface area contributed by atoms with Crippen molar-refractivity contribution in [2.75, 3.05) is 12.3 Å². The molecule has 2 aliphatic heterocycles. The Bertz CT molecular complexity index is 1500. The number of carbonyl (C=O) groups is 3. The predicted octanol–water partition coefficient (Wildman–Crippen LogP) is 1.39. The predicted molar refractivity (Wildman–Crippen MR) is 144 cm³/mol. The highest BCUT2D eigenvalue weighted by Crippen LogP contribution is 2.44. The number of oxime groups is 1. The van der Waals surface area contributed by atoms with Crippen LogP contribution in [-0.4, -0.2) is 66.5 Å². The van der Waals surface area contributed by atoms with E-state index in [1.54, 1.807) is 6.92 Å². The Hall–Kier alpha value is -3.89. The molecule has 1 fully saturated rings. The van der Waals surface area contributed by atoms with Crippen molar-refractivity contribution in [1.29, 1.82) is 0 Å². The van der Waals surface area contributed by atoms with Crippen LogP contribution in [-0.2, 0) is 26.3 Å². The molecule has 202 valence electrons. The number of carboxylic acid groups (broad SMARTS) is 1. The highest BCUT2D eigenvalue weighted by molar-refractivity contribution is 8.04. The number of carbonyl (C=O) groups excluding carboxylic acids is 2. The summed E-state index contributed by atoms with van der Waals surface area (Å²) in [6.45, 7) is 1.90. The van der Waals surface area contributed by atoms with Gasteiger partial charge < -0.3 is 21.0 Å². The fourth-order valence-electron chi connectivity index (χ4n) is 4.20. The number of anilines is 1. The number of β-lactam (4-membered cyclic amide) rings is 1. The van der Waals surface area contributed by atoms with E-state index in [9.17, 15) is 19.5 Å². The normalized spacial score (nSPS) is 19.0. The number of hydrogen-bond donors (Lipinski definition) is 3. The highest BCUT2D eigenvalue weighted by atomic mass is 32.2. The molecule has 5 rings (SSSR count). The standard InChI is InChI=1S/C23H22N8O5S3/c1-3-36-28-16(18-27-22(24)39-29-18)19(32)26-15-13-4-5-14(17(21(34)35)31(13)20(15)33)38-23-25-12(10-37-23)11-6-8-30(2)9-7-11/h6-10,13,15H,3-5H2,1-2H3,(H3-,24,26,27,29,32,34,35)/p+1. The van der Waals surface area contributed by atoms with Gasteiger partial charge in [-0.3, -0.25) is 14.5 Å². The van der Waals surface area contributed by atoms with Crippen molar-refractivity contribution in [3.8, 4) is 11.3 Å². The molecular formula is C23H23N8O5S3+. The van der Waals surface area contributed by atoms with Crippen LogP contribution in [0.4, 0.5) is 5.13 Å². The molecule has 3 aromatic heterocycles. The lowest BCUT2D eigenvalue weighted by atomic mass is 9.86. The van der Waals surface area contributed by atoms with Crippen LogP contribution in [0.1, 0.15) is 25.6 Å². The summed E-state index contributed by atoms with van der Waals surface area (Å²) in [7, 11) is 1.93. The minimum Gasteiger partial charge on any atom is -0.477 e. The molecule has 2 aliphatic rings. The van der Waals surface area contributed by atoms with Crippen LogP contribution in [0, 0.1) is 0 Å². The van der Waals surface area contributed by atoms with Crippen LogP contribution in [0.25, 0.3) is 11.3 Å². The van der Waals surface area contributed by atoms with Gasteiger partial charge in [-0.25, -0.2) is 14.3 Å². The number of fused-ring (bicyclic) bond motifs is 1. The van der Waals surface area contributed by atoms with Crippen molar-refractivity contribution in [1.82, 2.24) is 24.6 Å². The van der Waals surface area contributed by atoms with Crippen LogP contribution in [0.5, 0.6) is 0 Å². The van der Waals surface area contributed by atoms with E-state index in [2.05, 4.69) is 24.8 Å². The highest BCUT2D eigenvalue weighted by Gasteiger charge is 2.54. The summed E-state index contributed by atoms with van der Waals surface area (Å²) in [5.41, 5.74) is 7.06. The second kappa shape index (κ2) is 11.1. The zero-order chi connectivity index (χ0) is 27.7. The number of pyridine rings is 1. The number of aliphatic carboxylic acids is 1. The van der Waals surface area contributed by atoms with E-state index in [1.807, 2.05) is 41.5 Å². The van der Waals surface area contributed by atoms with Gasteiger partial charge in [0.25, 0.3) is 11.8 Å². The lowest BCUT2D eigenvalue weighted by Gasteiger charge is -2.49. The molecule has 0 spiro atoms. The third-order valence-electron chi connectivity index (χ3n) is 6.00. The Morgan fingerprint density at radius 3 is 2.79 bits per heavy atom. The molecule has 1 saturated heterocycles. The fourth-order valence-corrected chi connectivity index (χ4v) is 6.68. The van der Waals surface area contributed by atoms with Gasteiger partial charge in [0.2, 0.25) is 11.5 Å².